The van der Waals surface area contributed by atoms with Crippen molar-refractivity contribution in [1.82, 2.24) is 0 Å². The average molecular weight is 259 g/mol. The van der Waals surface area contributed by atoms with E-state index in [2.05, 4.69) is 5.32 Å². The van der Waals surface area contributed by atoms with E-state index < -0.39 is 17.6 Å². The van der Waals surface area contributed by atoms with Crippen molar-refractivity contribution in [3.05, 3.63) is 29.8 Å². The summed E-state index contributed by atoms with van der Waals surface area (Å²) >= 11 is 0. The van der Waals surface area contributed by atoms with Gasteiger partial charge in [0.25, 0.3) is 0 Å². The summed E-state index contributed by atoms with van der Waals surface area (Å²) in [6, 6.07) is 4.35. The number of halogens is 3. The van der Waals surface area contributed by atoms with Gasteiger partial charge in [0, 0.05) is 18.5 Å². The molecule has 1 rings (SSSR count). The van der Waals surface area contributed by atoms with E-state index in [1.165, 1.54) is 19.1 Å². The first-order valence-electron chi connectivity index (χ1n) is 5.25. The van der Waals surface area contributed by atoms with Crippen LogP contribution in [0.5, 0.6) is 0 Å². The number of benzene rings is 1. The van der Waals surface area contributed by atoms with Crippen molar-refractivity contribution in [2.75, 3.05) is 5.32 Å². The van der Waals surface area contributed by atoms with Gasteiger partial charge in [-0.05, 0) is 25.1 Å². The molecule has 0 atom stereocenters. The molecule has 18 heavy (non-hydrogen) atoms. The van der Waals surface area contributed by atoms with Gasteiger partial charge in [0.2, 0.25) is 5.91 Å². The topological polar surface area (TPSA) is 46.2 Å². The zero-order valence-corrected chi connectivity index (χ0v) is 9.67. The molecule has 0 heterocycles. The summed E-state index contributed by atoms with van der Waals surface area (Å²) in [5, 5.41) is 2.32. The summed E-state index contributed by atoms with van der Waals surface area (Å²) in [5.74, 6) is -0.626. The van der Waals surface area contributed by atoms with Crippen molar-refractivity contribution in [1.29, 1.82) is 0 Å². The van der Waals surface area contributed by atoms with Crippen LogP contribution in [-0.2, 0) is 15.8 Å². The Morgan fingerprint density at radius 1 is 1.22 bits per heavy atom. The smallest absolute Gasteiger partial charge is 0.326 e. The second-order valence-corrected chi connectivity index (χ2v) is 3.83. The molecule has 0 radical (unpaired) electrons. The summed E-state index contributed by atoms with van der Waals surface area (Å²) in [6.07, 6.45) is -4.41. The van der Waals surface area contributed by atoms with Gasteiger partial charge < -0.3 is 10.1 Å². The Hall–Kier alpha value is -1.85. The van der Waals surface area contributed by atoms with E-state index in [-0.39, 0.29) is 24.3 Å². The molecule has 0 aliphatic rings. The minimum absolute atomic E-state index is 0.0361. The van der Waals surface area contributed by atoms with Crippen molar-refractivity contribution in [3.63, 3.8) is 0 Å². The van der Waals surface area contributed by atoms with Crippen LogP contribution in [0.25, 0.3) is 0 Å². The number of carbonyl (C=O) groups excluding carboxylic acids is 2. The Balaban J connectivity index is 2.68. The SMILES string of the molecule is CC(=O)CCC(=O)Nc1cccc(C(F)(F)F)c1. The Morgan fingerprint density at radius 3 is 2.44 bits per heavy atom. The quantitative estimate of drug-likeness (QED) is 0.903. The van der Waals surface area contributed by atoms with E-state index in [0.29, 0.717) is 0 Å². The molecule has 0 aliphatic heterocycles. The summed E-state index contributed by atoms with van der Waals surface area (Å²) in [4.78, 5) is 22.0. The Morgan fingerprint density at radius 2 is 1.89 bits per heavy atom. The largest absolute Gasteiger partial charge is 0.416 e. The third-order valence-corrected chi connectivity index (χ3v) is 2.18. The highest BCUT2D eigenvalue weighted by molar-refractivity contribution is 5.93. The minimum Gasteiger partial charge on any atom is -0.326 e. The number of carbonyl (C=O) groups is 2. The third-order valence-electron chi connectivity index (χ3n) is 2.18. The second kappa shape index (κ2) is 5.66. The molecule has 1 N–H and O–H groups in total. The summed E-state index contributed by atoms with van der Waals surface area (Å²) in [7, 11) is 0. The maximum atomic E-state index is 12.4. The van der Waals surface area contributed by atoms with Crippen LogP contribution in [0.4, 0.5) is 18.9 Å². The Kier molecular flexibility index (Phi) is 4.47. The number of ketones is 1. The normalized spacial score (nSPS) is 11.1. The van der Waals surface area contributed by atoms with E-state index in [9.17, 15) is 22.8 Å². The van der Waals surface area contributed by atoms with Crippen molar-refractivity contribution < 1.29 is 22.8 Å². The van der Waals surface area contributed by atoms with Crippen molar-refractivity contribution in [3.8, 4) is 0 Å². The molecule has 0 bridgehead atoms. The molecule has 98 valence electrons. The minimum atomic E-state index is -4.44. The predicted molar refractivity (Wildman–Crippen MR) is 60.0 cm³/mol. The summed E-state index contributed by atoms with van der Waals surface area (Å²) in [6.45, 7) is 1.34. The molecular formula is C12H12F3NO2. The number of hydrogen-bond acceptors (Lipinski definition) is 2. The zero-order chi connectivity index (χ0) is 13.8. The lowest BCUT2D eigenvalue weighted by molar-refractivity contribution is -0.137. The number of alkyl halides is 3. The fourth-order valence-electron chi connectivity index (χ4n) is 1.29. The molecule has 1 aromatic carbocycles. The molecular weight excluding hydrogens is 247 g/mol. The first kappa shape index (κ1) is 14.2. The van der Waals surface area contributed by atoms with Crippen molar-refractivity contribution >= 4 is 17.4 Å². The average Bonchev–Trinajstić information content (AvgIpc) is 2.25. The lowest BCUT2D eigenvalue weighted by Gasteiger charge is -2.09. The Bertz CT molecular complexity index is 455. The standard InChI is InChI=1S/C12H12F3NO2/c1-8(17)5-6-11(18)16-10-4-2-3-9(7-10)12(13,14)15/h2-4,7H,5-6H2,1H3,(H,16,18). The van der Waals surface area contributed by atoms with Gasteiger partial charge in [-0.25, -0.2) is 0 Å². The summed E-state index contributed by atoms with van der Waals surface area (Å²) in [5.41, 5.74) is -0.759. The Labute approximate surface area is 102 Å². The van der Waals surface area contributed by atoms with Gasteiger partial charge in [0.15, 0.2) is 0 Å². The summed E-state index contributed by atoms with van der Waals surface area (Å²) < 4.78 is 37.2. The van der Waals surface area contributed by atoms with Gasteiger partial charge in [-0.3, -0.25) is 4.79 Å². The number of rotatable bonds is 4. The maximum absolute atomic E-state index is 12.4. The van der Waals surface area contributed by atoms with E-state index in [4.69, 9.17) is 0 Å². The highest BCUT2D eigenvalue weighted by Gasteiger charge is 2.30. The van der Waals surface area contributed by atoms with Crippen LogP contribution in [0.2, 0.25) is 0 Å². The van der Waals surface area contributed by atoms with E-state index >= 15 is 0 Å². The molecule has 0 aromatic heterocycles. The molecule has 0 fully saturated rings. The number of nitrogens with one attached hydrogen (secondary N) is 1. The van der Waals surface area contributed by atoms with Crippen LogP contribution in [0, 0.1) is 0 Å². The lowest BCUT2D eigenvalue weighted by Crippen LogP contribution is -2.13. The van der Waals surface area contributed by atoms with E-state index in [1.807, 2.05) is 0 Å². The molecule has 0 saturated heterocycles. The first-order valence-corrected chi connectivity index (χ1v) is 5.25. The molecule has 1 aromatic rings. The number of Topliss-reactive ketones (excluding diaryl/α,β-unsaturated/α-hetero) is 1. The molecule has 0 spiro atoms. The van der Waals surface area contributed by atoms with Crippen LogP contribution in [0.1, 0.15) is 25.3 Å². The van der Waals surface area contributed by atoms with Gasteiger partial charge in [0.05, 0.1) is 5.56 Å². The van der Waals surface area contributed by atoms with Crippen LogP contribution in [0.15, 0.2) is 24.3 Å². The van der Waals surface area contributed by atoms with Crippen molar-refractivity contribution in [2.24, 2.45) is 0 Å². The highest BCUT2D eigenvalue weighted by atomic mass is 19.4. The van der Waals surface area contributed by atoms with Crippen molar-refractivity contribution in [2.45, 2.75) is 25.9 Å². The van der Waals surface area contributed by atoms with Crippen LogP contribution < -0.4 is 5.32 Å². The van der Waals surface area contributed by atoms with E-state index in [0.717, 1.165) is 12.1 Å². The number of hydrogen-bond donors (Lipinski definition) is 1. The van der Waals surface area contributed by atoms with Gasteiger partial charge in [-0.1, -0.05) is 6.07 Å². The molecule has 3 nitrogen and oxygen atoms in total. The van der Waals surface area contributed by atoms with Crippen LogP contribution >= 0.6 is 0 Å². The predicted octanol–water partition coefficient (Wildman–Crippen LogP) is 3.01. The molecule has 6 heteroatoms. The first-order chi connectivity index (χ1) is 8.29. The second-order valence-electron chi connectivity index (χ2n) is 3.83. The van der Waals surface area contributed by atoms with E-state index in [1.54, 1.807) is 0 Å². The molecule has 1 amide bonds. The maximum Gasteiger partial charge on any atom is 0.416 e. The van der Waals surface area contributed by atoms with Crippen LogP contribution in [-0.4, -0.2) is 11.7 Å². The lowest BCUT2D eigenvalue weighted by atomic mass is 10.2. The van der Waals surface area contributed by atoms with Gasteiger partial charge >= 0.3 is 6.18 Å². The molecule has 0 saturated carbocycles. The van der Waals surface area contributed by atoms with Gasteiger partial charge in [-0.2, -0.15) is 13.2 Å². The molecule has 0 aliphatic carbocycles. The number of amides is 1. The van der Waals surface area contributed by atoms with Gasteiger partial charge in [0.1, 0.15) is 5.78 Å². The fourth-order valence-corrected chi connectivity index (χ4v) is 1.29. The fraction of sp³-hybridized carbons (Fsp3) is 0.333. The van der Waals surface area contributed by atoms with Crippen LogP contribution in [0.3, 0.4) is 0 Å². The molecule has 0 unspecified atom stereocenters. The number of anilines is 1. The highest BCUT2D eigenvalue weighted by Crippen LogP contribution is 2.30. The zero-order valence-electron chi connectivity index (χ0n) is 9.67. The van der Waals surface area contributed by atoms with Gasteiger partial charge in [-0.15, -0.1) is 0 Å². The third kappa shape index (κ3) is 4.57. The monoisotopic (exact) mass is 259 g/mol.